The number of nitrogens with one attached hydrogen (secondary N) is 2. The molecule has 1 aromatic heterocycles. The van der Waals surface area contributed by atoms with Gasteiger partial charge in [0.15, 0.2) is 5.82 Å². The van der Waals surface area contributed by atoms with Crippen LogP contribution in [0.5, 0.6) is 0 Å². The molecule has 0 aliphatic heterocycles. The standard InChI is InChI=1S/C12H10F3N3O2/c1-16-9-3-2-7(12(13,14)15)6-8(9)11(19)17-10-4-5-20-18-10/h2-6,16H,1H3,(H,17,18,19). The molecule has 0 aliphatic carbocycles. The van der Waals surface area contributed by atoms with E-state index in [9.17, 15) is 18.0 Å². The Labute approximate surface area is 111 Å². The maximum atomic E-state index is 12.7. The zero-order valence-electron chi connectivity index (χ0n) is 10.3. The van der Waals surface area contributed by atoms with E-state index < -0.39 is 17.6 Å². The largest absolute Gasteiger partial charge is 0.416 e. The first-order chi connectivity index (χ1) is 9.41. The fourth-order valence-electron chi connectivity index (χ4n) is 1.59. The minimum absolute atomic E-state index is 0.120. The van der Waals surface area contributed by atoms with Gasteiger partial charge in [-0.15, -0.1) is 0 Å². The highest BCUT2D eigenvalue weighted by Crippen LogP contribution is 2.32. The average Bonchev–Trinajstić information content (AvgIpc) is 2.89. The van der Waals surface area contributed by atoms with E-state index in [1.54, 1.807) is 0 Å². The molecule has 20 heavy (non-hydrogen) atoms. The van der Waals surface area contributed by atoms with Crippen LogP contribution in [0.1, 0.15) is 15.9 Å². The van der Waals surface area contributed by atoms with Crippen molar-refractivity contribution in [1.82, 2.24) is 5.16 Å². The summed E-state index contributed by atoms with van der Waals surface area (Å²) in [5.41, 5.74) is -0.758. The van der Waals surface area contributed by atoms with E-state index in [1.165, 1.54) is 25.4 Å². The summed E-state index contributed by atoms with van der Waals surface area (Å²) in [6, 6.07) is 4.26. The second-order valence-electron chi connectivity index (χ2n) is 3.85. The van der Waals surface area contributed by atoms with Crippen LogP contribution in [-0.2, 0) is 6.18 Å². The van der Waals surface area contributed by atoms with Gasteiger partial charge in [0.2, 0.25) is 0 Å². The number of aromatic nitrogens is 1. The molecule has 0 radical (unpaired) electrons. The lowest BCUT2D eigenvalue weighted by molar-refractivity contribution is -0.137. The maximum Gasteiger partial charge on any atom is 0.416 e. The molecule has 106 valence electrons. The number of halogens is 3. The van der Waals surface area contributed by atoms with Crippen molar-refractivity contribution in [3.63, 3.8) is 0 Å². The number of rotatable bonds is 3. The summed E-state index contributed by atoms with van der Waals surface area (Å²) in [5.74, 6) is -0.594. The summed E-state index contributed by atoms with van der Waals surface area (Å²) in [6.07, 6.45) is -3.28. The molecular formula is C12H10F3N3O2. The van der Waals surface area contributed by atoms with E-state index >= 15 is 0 Å². The Morgan fingerprint density at radius 2 is 2.05 bits per heavy atom. The molecule has 0 bridgehead atoms. The first-order valence-corrected chi connectivity index (χ1v) is 5.52. The van der Waals surface area contributed by atoms with Gasteiger partial charge in [-0.1, -0.05) is 5.16 Å². The van der Waals surface area contributed by atoms with Crippen molar-refractivity contribution < 1.29 is 22.5 Å². The molecule has 0 fully saturated rings. The summed E-state index contributed by atoms with van der Waals surface area (Å²) >= 11 is 0. The number of carbonyl (C=O) groups is 1. The third-order valence-electron chi connectivity index (χ3n) is 2.54. The molecule has 2 rings (SSSR count). The zero-order chi connectivity index (χ0) is 14.8. The topological polar surface area (TPSA) is 67.2 Å². The van der Waals surface area contributed by atoms with Crippen LogP contribution in [-0.4, -0.2) is 18.1 Å². The van der Waals surface area contributed by atoms with Crippen LogP contribution in [0.3, 0.4) is 0 Å². The van der Waals surface area contributed by atoms with Gasteiger partial charge >= 0.3 is 6.18 Å². The Morgan fingerprint density at radius 1 is 1.30 bits per heavy atom. The number of nitrogens with zero attached hydrogens (tertiary/aromatic N) is 1. The summed E-state index contributed by atoms with van der Waals surface area (Å²) in [4.78, 5) is 12.0. The Kier molecular flexibility index (Phi) is 3.64. The van der Waals surface area contributed by atoms with Gasteiger partial charge in [-0.05, 0) is 18.2 Å². The summed E-state index contributed by atoms with van der Waals surface area (Å²) in [6.45, 7) is 0. The minimum atomic E-state index is -4.52. The number of hydrogen-bond donors (Lipinski definition) is 2. The van der Waals surface area contributed by atoms with Gasteiger partial charge in [-0.25, -0.2) is 0 Å². The van der Waals surface area contributed by atoms with Gasteiger partial charge in [0, 0.05) is 18.8 Å². The Hall–Kier alpha value is -2.51. The number of amides is 1. The van der Waals surface area contributed by atoms with E-state index in [2.05, 4.69) is 20.3 Å². The minimum Gasteiger partial charge on any atom is -0.387 e. The molecule has 1 aromatic carbocycles. The Morgan fingerprint density at radius 3 is 2.60 bits per heavy atom. The van der Waals surface area contributed by atoms with Crippen LogP contribution in [0, 0.1) is 0 Å². The third-order valence-corrected chi connectivity index (χ3v) is 2.54. The van der Waals surface area contributed by atoms with Crippen molar-refractivity contribution in [3.05, 3.63) is 41.7 Å². The predicted octanol–water partition coefficient (Wildman–Crippen LogP) is 2.99. The van der Waals surface area contributed by atoms with Crippen LogP contribution in [0.15, 0.2) is 35.1 Å². The molecule has 5 nitrogen and oxygen atoms in total. The molecule has 1 amide bonds. The van der Waals surface area contributed by atoms with Crippen molar-refractivity contribution >= 4 is 17.4 Å². The summed E-state index contributed by atoms with van der Waals surface area (Å²) < 4.78 is 42.5. The van der Waals surface area contributed by atoms with Crippen LogP contribution < -0.4 is 10.6 Å². The molecule has 2 N–H and O–H groups in total. The van der Waals surface area contributed by atoms with Crippen molar-refractivity contribution in [1.29, 1.82) is 0 Å². The average molecular weight is 285 g/mol. The number of benzene rings is 1. The first kappa shape index (κ1) is 13.9. The molecule has 0 saturated carbocycles. The fraction of sp³-hybridized carbons (Fsp3) is 0.167. The van der Waals surface area contributed by atoms with Crippen LogP contribution in [0.25, 0.3) is 0 Å². The predicted molar refractivity (Wildman–Crippen MR) is 65.4 cm³/mol. The molecular weight excluding hydrogens is 275 g/mol. The zero-order valence-corrected chi connectivity index (χ0v) is 10.3. The molecule has 2 aromatic rings. The van der Waals surface area contributed by atoms with E-state index in [1.807, 2.05) is 0 Å². The molecule has 1 heterocycles. The van der Waals surface area contributed by atoms with Gasteiger partial charge < -0.3 is 15.2 Å². The molecule has 0 unspecified atom stereocenters. The second-order valence-corrected chi connectivity index (χ2v) is 3.85. The van der Waals surface area contributed by atoms with Gasteiger partial charge in [-0.2, -0.15) is 13.2 Å². The van der Waals surface area contributed by atoms with Crippen molar-refractivity contribution in [2.75, 3.05) is 17.7 Å². The number of hydrogen-bond acceptors (Lipinski definition) is 4. The molecule has 8 heteroatoms. The summed E-state index contributed by atoms with van der Waals surface area (Å²) in [7, 11) is 1.51. The number of alkyl halides is 3. The van der Waals surface area contributed by atoms with Crippen LogP contribution in [0.2, 0.25) is 0 Å². The van der Waals surface area contributed by atoms with Gasteiger partial charge in [-0.3, -0.25) is 4.79 Å². The second kappa shape index (κ2) is 5.24. The van der Waals surface area contributed by atoms with Crippen molar-refractivity contribution in [2.24, 2.45) is 0 Å². The molecule has 0 saturated heterocycles. The highest BCUT2D eigenvalue weighted by Gasteiger charge is 2.31. The maximum absolute atomic E-state index is 12.7. The lowest BCUT2D eigenvalue weighted by Crippen LogP contribution is -2.16. The van der Waals surface area contributed by atoms with Gasteiger partial charge in [0.05, 0.1) is 11.1 Å². The highest BCUT2D eigenvalue weighted by atomic mass is 19.4. The summed E-state index contributed by atoms with van der Waals surface area (Å²) in [5, 5.41) is 8.46. The van der Waals surface area contributed by atoms with E-state index in [4.69, 9.17) is 0 Å². The smallest absolute Gasteiger partial charge is 0.387 e. The van der Waals surface area contributed by atoms with Gasteiger partial charge in [0.25, 0.3) is 5.91 Å². The quantitative estimate of drug-likeness (QED) is 0.909. The first-order valence-electron chi connectivity index (χ1n) is 5.52. The number of anilines is 2. The van der Waals surface area contributed by atoms with Crippen molar-refractivity contribution in [3.8, 4) is 0 Å². The lowest BCUT2D eigenvalue weighted by atomic mass is 10.1. The number of carbonyl (C=O) groups excluding carboxylic acids is 1. The van der Waals surface area contributed by atoms with E-state index in [0.29, 0.717) is 0 Å². The molecule has 0 spiro atoms. The van der Waals surface area contributed by atoms with Gasteiger partial charge in [0.1, 0.15) is 6.26 Å². The molecule has 0 atom stereocenters. The SMILES string of the molecule is CNc1ccc(C(F)(F)F)cc1C(=O)Nc1ccon1. The normalized spacial score (nSPS) is 11.2. The van der Waals surface area contributed by atoms with E-state index in [-0.39, 0.29) is 17.1 Å². The van der Waals surface area contributed by atoms with E-state index in [0.717, 1.165) is 12.1 Å². The molecule has 0 aliphatic rings. The lowest BCUT2D eigenvalue weighted by Gasteiger charge is -2.12. The fourth-order valence-corrected chi connectivity index (χ4v) is 1.59. The van der Waals surface area contributed by atoms with Crippen molar-refractivity contribution in [2.45, 2.75) is 6.18 Å². The Balaban J connectivity index is 2.35. The monoisotopic (exact) mass is 285 g/mol. The van der Waals surface area contributed by atoms with Crippen LogP contribution in [0.4, 0.5) is 24.7 Å². The third kappa shape index (κ3) is 2.90. The highest BCUT2D eigenvalue weighted by molar-refractivity contribution is 6.07. The van der Waals surface area contributed by atoms with Crippen LogP contribution >= 0.6 is 0 Å². The Bertz CT molecular complexity index is 609.